The Morgan fingerprint density at radius 2 is 2.33 bits per heavy atom. The summed E-state index contributed by atoms with van der Waals surface area (Å²) in [5.74, 6) is -0.0637. The zero-order chi connectivity index (χ0) is 13.0. The van der Waals surface area contributed by atoms with Gasteiger partial charge in [-0.3, -0.25) is 9.48 Å². The summed E-state index contributed by atoms with van der Waals surface area (Å²) >= 11 is 0. The van der Waals surface area contributed by atoms with Gasteiger partial charge in [0.05, 0.1) is 18.1 Å². The van der Waals surface area contributed by atoms with E-state index in [0.29, 0.717) is 12.1 Å². The van der Waals surface area contributed by atoms with Gasteiger partial charge >= 0.3 is 0 Å². The Balaban J connectivity index is 1.77. The number of nitrogens with one attached hydrogen (secondary N) is 1. The maximum atomic E-state index is 11.9. The zero-order valence-corrected chi connectivity index (χ0v) is 10.6. The number of carbonyl (C=O) groups is 1. The third-order valence-corrected chi connectivity index (χ3v) is 2.92. The standard InChI is InChI=1S/C12H17N5O/c1-10-11(8-15-16(10)2)12(18)14-4-3-6-17-7-5-13-9-17/h5,7-9H,3-4,6H2,1-2H3,(H,14,18). The maximum Gasteiger partial charge on any atom is 0.254 e. The molecule has 0 spiro atoms. The minimum atomic E-state index is -0.0637. The quantitative estimate of drug-likeness (QED) is 0.793. The fourth-order valence-corrected chi connectivity index (χ4v) is 1.70. The molecule has 0 aliphatic carbocycles. The van der Waals surface area contributed by atoms with E-state index >= 15 is 0 Å². The summed E-state index contributed by atoms with van der Waals surface area (Å²) in [6.07, 6.45) is 7.90. The van der Waals surface area contributed by atoms with Gasteiger partial charge in [0, 0.05) is 38.2 Å². The molecule has 1 N–H and O–H groups in total. The van der Waals surface area contributed by atoms with Crippen LogP contribution in [0, 0.1) is 6.92 Å². The minimum absolute atomic E-state index is 0.0637. The van der Waals surface area contributed by atoms with Crippen molar-refractivity contribution in [3.05, 3.63) is 36.2 Å². The van der Waals surface area contributed by atoms with Crippen LogP contribution in [0.15, 0.2) is 24.9 Å². The lowest BCUT2D eigenvalue weighted by atomic mass is 10.2. The van der Waals surface area contributed by atoms with Crippen LogP contribution >= 0.6 is 0 Å². The highest BCUT2D eigenvalue weighted by atomic mass is 16.1. The topological polar surface area (TPSA) is 64.7 Å². The van der Waals surface area contributed by atoms with E-state index in [1.807, 2.05) is 24.7 Å². The van der Waals surface area contributed by atoms with Crippen LogP contribution in [0.2, 0.25) is 0 Å². The van der Waals surface area contributed by atoms with Crippen molar-refractivity contribution in [1.29, 1.82) is 0 Å². The van der Waals surface area contributed by atoms with Crippen molar-refractivity contribution in [2.24, 2.45) is 7.05 Å². The SMILES string of the molecule is Cc1c(C(=O)NCCCn2ccnc2)cnn1C. The van der Waals surface area contributed by atoms with Crippen molar-refractivity contribution in [1.82, 2.24) is 24.6 Å². The summed E-state index contributed by atoms with van der Waals surface area (Å²) < 4.78 is 3.68. The molecule has 0 aliphatic rings. The van der Waals surface area contributed by atoms with Crippen molar-refractivity contribution in [2.45, 2.75) is 19.9 Å². The summed E-state index contributed by atoms with van der Waals surface area (Å²) in [7, 11) is 1.82. The van der Waals surface area contributed by atoms with Crippen LogP contribution in [-0.4, -0.2) is 31.8 Å². The van der Waals surface area contributed by atoms with Crippen molar-refractivity contribution in [3.8, 4) is 0 Å². The molecule has 0 radical (unpaired) electrons. The van der Waals surface area contributed by atoms with Crippen molar-refractivity contribution in [3.63, 3.8) is 0 Å². The Labute approximate surface area is 106 Å². The fourth-order valence-electron chi connectivity index (χ4n) is 1.70. The highest BCUT2D eigenvalue weighted by Gasteiger charge is 2.11. The number of imidazole rings is 1. The molecule has 0 bridgehead atoms. The van der Waals surface area contributed by atoms with Crippen molar-refractivity contribution < 1.29 is 4.79 Å². The first-order chi connectivity index (χ1) is 8.68. The van der Waals surface area contributed by atoms with E-state index in [0.717, 1.165) is 18.7 Å². The number of hydrogen-bond acceptors (Lipinski definition) is 3. The molecule has 0 aliphatic heterocycles. The molecule has 0 aromatic carbocycles. The molecule has 1 amide bonds. The molecule has 6 nitrogen and oxygen atoms in total. The molecule has 2 aromatic rings. The van der Waals surface area contributed by atoms with E-state index < -0.39 is 0 Å². The summed E-state index contributed by atoms with van der Waals surface area (Å²) in [5, 5.41) is 6.94. The van der Waals surface area contributed by atoms with Gasteiger partial charge in [0.25, 0.3) is 5.91 Å². The van der Waals surface area contributed by atoms with E-state index in [2.05, 4.69) is 15.4 Å². The Hall–Kier alpha value is -2.11. The molecule has 0 saturated heterocycles. The van der Waals surface area contributed by atoms with Gasteiger partial charge in [-0.25, -0.2) is 4.98 Å². The van der Waals surface area contributed by atoms with Crippen molar-refractivity contribution >= 4 is 5.91 Å². The fraction of sp³-hybridized carbons (Fsp3) is 0.417. The van der Waals surface area contributed by atoms with Crippen LogP contribution in [0.3, 0.4) is 0 Å². The second-order valence-corrected chi connectivity index (χ2v) is 4.18. The number of rotatable bonds is 5. The van der Waals surface area contributed by atoms with Gasteiger partial charge in [0.15, 0.2) is 0 Å². The average molecular weight is 247 g/mol. The molecule has 18 heavy (non-hydrogen) atoms. The Bertz CT molecular complexity index is 515. The molecular weight excluding hydrogens is 230 g/mol. The third kappa shape index (κ3) is 2.77. The normalized spacial score (nSPS) is 10.6. The Kier molecular flexibility index (Phi) is 3.76. The number of nitrogens with zero attached hydrogens (tertiary/aromatic N) is 4. The van der Waals surface area contributed by atoms with E-state index in [-0.39, 0.29) is 5.91 Å². The molecule has 0 fully saturated rings. The van der Waals surface area contributed by atoms with Crippen LogP contribution in [0.4, 0.5) is 0 Å². The van der Waals surface area contributed by atoms with Gasteiger partial charge in [-0.2, -0.15) is 5.10 Å². The molecule has 0 atom stereocenters. The smallest absolute Gasteiger partial charge is 0.254 e. The summed E-state index contributed by atoms with van der Waals surface area (Å²) in [6.45, 7) is 3.38. The Morgan fingerprint density at radius 3 is 2.94 bits per heavy atom. The van der Waals surface area contributed by atoms with Gasteiger partial charge in [-0.1, -0.05) is 0 Å². The zero-order valence-electron chi connectivity index (χ0n) is 10.6. The summed E-state index contributed by atoms with van der Waals surface area (Å²) in [6, 6.07) is 0. The van der Waals surface area contributed by atoms with Crippen LogP contribution < -0.4 is 5.32 Å². The van der Waals surface area contributed by atoms with Gasteiger partial charge in [0.2, 0.25) is 0 Å². The van der Waals surface area contributed by atoms with Gasteiger partial charge in [-0.05, 0) is 13.3 Å². The second-order valence-electron chi connectivity index (χ2n) is 4.18. The highest BCUT2D eigenvalue weighted by molar-refractivity contribution is 5.94. The number of hydrogen-bond donors (Lipinski definition) is 1. The molecule has 0 unspecified atom stereocenters. The van der Waals surface area contributed by atoms with Gasteiger partial charge < -0.3 is 9.88 Å². The van der Waals surface area contributed by atoms with Crippen molar-refractivity contribution in [2.75, 3.05) is 6.54 Å². The van der Waals surface area contributed by atoms with Crippen LogP contribution in [-0.2, 0) is 13.6 Å². The molecule has 2 rings (SSSR count). The predicted octanol–water partition coefficient (Wildman–Crippen LogP) is 0.745. The number of aromatic nitrogens is 4. The molecular formula is C12H17N5O. The molecule has 2 heterocycles. The lowest BCUT2D eigenvalue weighted by molar-refractivity contribution is 0.0952. The second kappa shape index (κ2) is 5.48. The Morgan fingerprint density at radius 1 is 1.50 bits per heavy atom. The minimum Gasteiger partial charge on any atom is -0.352 e. The molecule has 2 aromatic heterocycles. The lowest BCUT2D eigenvalue weighted by Crippen LogP contribution is -2.25. The molecule has 96 valence electrons. The first kappa shape index (κ1) is 12.3. The van der Waals surface area contributed by atoms with Crippen LogP contribution in [0.1, 0.15) is 22.5 Å². The maximum absolute atomic E-state index is 11.9. The van der Waals surface area contributed by atoms with Gasteiger partial charge in [-0.15, -0.1) is 0 Å². The van der Waals surface area contributed by atoms with Crippen LogP contribution in [0.5, 0.6) is 0 Å². The number of amides is 1. The van der Waals surface area contributed by atoms with E-state index in [1.54, 1.807) is 23.4 Å². The molecule has 0 saturated carbocycles. The first-order valence-corrected chi connectivity index (χ1v) is 5.91. The lowest BCUT2D eigenvalue weighted by Gasteiger charge is -2.05. The average Bonchev–Trinajstić information content (AvgIpc) is 2.97. The molecule has 6 heteroatoms. The largest absolute Gasteiger partial charge is 0.352 e. The number of aryl methyl sites for hydroxylation is 2. The first-order valence-electron chi connectivity index (χ1n) is 5.91. The van der Waals surface area contributed by atoms with E-state index in [1.165, 1.54) is 0 Å². The third-order valence-electron chi connectivity index (χ3n) is 2.92. The monoisotopic (exact) mass is 247 g/mol. The summed E-state index contributed by atoms with van der Waals surface area (Å²) in [5.41, 5.74) is 1.52. The van der Waals surface area contributed by atoms with Crippen LogP contribution in [0.25, 0.3) is 0 Å². The van der Waals surface area contributed by atoms with Gasteiger partial charge in [0.1, 0.15) is 0 Å². The highest BCUT2D eigenvalue weighted by Crippen LogP contribution is 2.04. The van der Waals surface area contributed by atoms with E-state index in [4.69, 9.17) is 0 Å². The van der Waals surface area contributed by atoms with E-state index in [9.17, 15) is 4.79 Å². The summed E-state index contributed by atoms with van der Waals surface area (Å²) in [4.78, 5) is 15.8. The number of carbonyl (C=O) groups excluding carboxylic acids is 1. The predicted molar refractivity (Wildman–Crippen MR) is 67.1 cm³/mol.